The highest BCUT2D eigenvalue weighted by Crippen LogP contribution is 2.33. The topological polar surface area (TPSA) is 54.0 Å². The molecule has 0 unspecified atom stereocenters. The van der Waals surface area contributed by atoms with Gasteiger partial charge in [0.15, 0.2) is 11.5 Å². The molecule has 1 aliphatic carbocycles. The van der Waals surface area contributed by atoms with Crippen LogP contribution in [-0.2, 0) is 24.2 Å². The Hall–Kier alpha value is -2.57. The standard InChI is InChI=1S/C24H29N3O3/c1-17(24(28)25-21-7-6-19-3-2-4-20(19)14-21)27-11-9-26(10-12-27)15-18-5-8-22-23(13-18)30-16-29-22/h5-8,13-14,17H,2-4,9-12,15-16H2,1H3,(H,25,28)/t17-/m0/s1. The average molecular weight is 408 g/mol. The van der Waals surface area contributed by atoms with Crippen LogP contribution in [0.5, 0.6) is 11.5 Å². The first-order chi connectivity index (χ1) is 14.7. The highest BCUT2D eigenvalue weighted by molar-refractivity contribution is 5.94. The first-order valence-corrected chi connectivity index (χ1v) is 10.9. The van der Waals surface area contributed by atoms with Crippen molar-refractivity contribution in [1.29, 1.82) is 0 Å². The van der Waals surface area contributed by atoms with E-state index in [9.17, 15) is 4.79 Å². The van der Waals surface area contributed by atoms with E-state index in [1.807, 2.05) is 19.1 Å². The van der Waals surface area contributed by atoms with Gasteiger partial charge in [0.25, 0.3) is 0 Å². The molecule has 6 nitrogen and oxygen atoms in total. The van der Waals surface area contributed by atoms with Gasteiger partial charge < -0.3 is 14.8 Å². The van der Waals surface area contributed by atoms with Gasteiger partial charge in [-0.15, -0.1) is 0 Å². The lowest BCUT2D eigenvalue weighted by atomic mass is 10.1. The molecule has 2 aliphatic heterocycles. The molecule has 2 aromatic rings. The zero-order valence-corrected chi connectivity index (χ0v) is 17.5. The molecule has 158 valence electrons. The Morgan fingerprint density at radius 3 is 2.67 bits per heavy atom. The van der Waals surface area contributed by atoms with Crippen molar-refractivity contribution in [2.75, 3.05) is 38.3 Å². The van der Waals surface area contributed by atoms with E-state index >= 15 is 0 Å². The Kier molecular flexibility index (Phi) is 5.35. The Morgan fingerprint density at radius 1 is 1.00 bits per heavy atom. The maximum atomic E-state index is 12.8. The quantitative estimate of drug-likeness (QED) is 0.826. The lowest BCUT2D eigenvalue weighted by Gasteiger charge is -2.37. The van der Waals surface area contributed by atoms with Crippen LogP contribution in [0.25, 0.3) is 0 Å². The summed E-state index contributed by atoms with van der Waals surface area (Å²) in [6.07, 6.45) is 3.51. The van der Waals surface area contributed by atoms with Crippen molar-refractivity contribution in [1.82, 2.24) is 9.80 Å². The fraction of sp³-hybridized carbons (Fsp3) is 0.458. The molecule has 3 aliphatic rings. The number of amides is 1. The molecule has 0 aromatic heterocycles. The normalized spacial score (nSPS) is 19.5. The van der Waals surface area contributed by atoms with Crippen LogP contribution in [0.2, 0.25) is 0 Å². The summed E-state index contributed by atoms with van der Waals surface area (Å²) in [5.41, 5.74) is 4.97. The molecule has 30 heavy (non-hydrogen) atoms. The lowest BCUT2D eigenvalue weighted by Crippen LogP contribution is -2.52. The summed E-state index contributed by atoms with van der Waals surface area (Å²) >= 11 is 0. The second-order valence-corrected chi connectivity index (χ2v) is 8.50. The summed E-state index contributed by atoms with van der Waals surface area (Å²) in [4.78, 5) is 17.5. The molecule has 2 aromatic carbocycles. The summed E-state index contributed by atoms with van der Waals surface area (Å²) in [6.45, 7) is 6.89. The molecule has 0 spiro atoms. The van der Waals surface area contributed by atoms with E-state index in [1.165, 1.54) is 23.1 Å². The Balaban J connectivity index is 1.13. The number of hydrogen-bond donors (Lipinski definition) is 1. The molecule has 1 saturated heterocycles. The Bertz CT molecular complexity index is 937. The molecular weight excluding hydrogens is 378 g/mol. The van der Waals surface area contributed by atoms with Crippen LogP contribution >= 0.6 is 0 Å². The van der Waals surface area contributed by atoms with Gasteiger partial charge in [-0.2, -0.15) is 0 Å². The van der Waals surface area contributed by atoms with Crippen molar-refractivity contribution in [2.24, 2.45) is 0 Å². The van der Waals surface area contributed by atoms with Crippen molar-refractivity contribution in [3.63, 3.8) is 0 Å². The summed E-state index contributed by atoms with van der Waals surface area (Å²) in [5, 5.41) is 3.12. The van der Waals surface area contributed by atoms with Crippen LogP contribution in [0.4, 0.5) is 5.69 Å². The van der Waals surface area contributed by atoms with Gasteiger partial charge in [-0.1, -0.05) is 12.1 Å². The molecule has 0 bridgehead atoms. The number of aryl methyl sites for hydroxylation is 2. The molecule has 1 amide bonds. The van der Waals surface area contributed by atoms with Gasteiger partial charge in [0.1, 0.15) is 0 Å². The lowest BCUT2D eigenvalue weighted by molar-refractivity contribution is -0.121. The highest BCUT2D eigenvalue weighted by atomic mass is 16.7. The minimum absolute atomic E-state index is 0.0807. The smallest absolute Gasteiger partial charge is 0.241 e. The van der Waals surface area contributed by atoms with E-state index in [0.717, 1.165) is 62.8 Å². The van der Waals surface area contributed by atoms with Crippen LogP contribution < -0.4 is 14.8 Å². The van der Waals surface area contributed by atoms with E-state index in [4.69, 9.17) is 9.47 Å². The molecular formula is C24H29N3O3. The van der Waals surface area contributed by atoms with Gasteiger partial charge in [-0.25, -0.2) is 0 Å². The number of nitrogens with one attached hydrogen (secondary N) is 1. The predicted molar refractivity (Wildman–Crippen MR) is 116 cm³/mol. The molecule has 1 fully saturated rings. The number of carbonyl (C=O) groups excluding carboxylic acids is 1. The van der Waals surface area contributed by atoms with Crippen LogP contribution in [0.1, 0.15) is 30.0 Å². The third kappa shape index (κ3) is 4.02. The molecule has 6 heteroatoms. The summed E-state index contributed by atoms with van der Waals surface area (Å²) < 4.78 is 10.9. The van der Waals surface area contributed by atoms with E-state index in [1.54, 1.807) is 0 Å². The van der Waals surface area contributed by atoms with Gasteiger partial charge in [0.2, 0.25) is 12.7 Å². The second-order valence-electron chi connectivity index (χ2n) is 8.50. The summed E-state index contributed by atoms with van der Waals surface area (Å²) in [7, 11) is 0. The van der Waals surface area contributed by atoms with Crippen molar-refractivity contribution in [3.8, 4) is 11.5 Å². The number of piperazine rings is 1. The molecule has 2 heterocycles. The Labute approximate surface area is 177 Å². The van der Waals surface area contributed by atoms with Crippen molar-refractivity contribution in [3.05, 3.63) is 53.1 Å². The first kappa shape index (κ1) is 19.4. The number of anilines is 1. The zero-order chi connectivity index (χ0) is 20.5. The number of benzene rings is 2. The van der Waals surface area contributed by atoms with Crippen molar-refractivity contribution in [2.45, 2.75) is 38.8 Å². The molecule has 0 saturated carbocycles. The van der Waals surface area contributed by atoms with E-state index in [0.29, 0.717) is 6.79 Å². The average Bonchev–Trinajstić information content (AvgIpc) is 3.42. The predicted octanol–water partition coefficient (Wildman–Crippen LogP) is 3.05. The molecule has 1 atom stereocenters. The van der Waals surface area contributed by atoms with Gasteiger partial charge in [-0.05, 0) is 67.1 Å². The SMILES string of the molecule is C[C@@H](C(=O)Nc1ccc2c(c1)CCC2)N1CCN(Cc2ccc3c(c2)OCO3)CC1. The van der Waals surface area contributed by atoms with Gasteiger partial charge in [-0.3, -0.25) is 14.6 Å². The second kappa shape index (κ2) is 8.28. The van der Waals surface area contributed by atoms with Crippen molar-refractivity contribution < 1.29 is 14.3 Å². The zero-order valence-electron chi connectivity index (χ0n) is 17.5. The van der Waals surface area contributed by atoms with Crippen LogP contribution in [0.3, 0.4) is 0 Å². The van der Waals surface area contributed by atoms with Crippen LogP contribution in [0, 0.1) is 0 Å². The summed E-state index contributed by atoms with van der Waals surface area (Å²) in [5.74, 6) is 1.74. The first-order valence-electron chi connectivity index (χ1n) is 10.9. The maximum Gasteiger partial charge on any atom is 0.241 e. The number of fused-ring (bicyclic) bond motifs is 2. The van der Waals surface area contributed by atoms with Crippen molar-refractivity contribution >= 4 is 11.6 Å². The fourth-order valence-corrected chi connectivity index (χ4v) is 4.67. The van der Waals surface area contributed by atoms with Gasteiger partial charge in [0.05, 0.1) is 6.04 Å². The third-order valence-electron chi connectivity index (χ3n) is 6.54. The number of ether oxygens (including phenoxy) is 2. The third-order valence-corrected chi connectivity index (χ3v) is 6.54. The monoisotopic (exact) mass is 407 g/mol. The molecule has 0 radical (unpaired) electrons. The van der Waals surface area contributed by atoms with E-state index in [2.05, 4.69) is 39.4 Å². The van der Waals surface area contributed by atoms with E-state index in [-0.39, 0.29) is 11.9 Å². The number of hydrogen-bond acceptors (Lipinski definition) is 5. The molecule has 1 N–H and O–H groups in total. The van der Waals surface area contributed by atoms with E-state index < -0.39 is 0 Å². The minimum atomic E-state index is -0.133. The minimum Gasteiger partial charge on any atom is -0.454 e. The Morgan fingerprint density at radius 2 is 1.80 bits per heavy atom. The maximum absolute atomic E-state index is 12.8. The van der Waals surface area contributed by atoms with Crippen LogP contribution in [0.15, 0.2) is 36.4 Å². The van der Waals surface area contributed by atoms with Gasteiger partial charge in [0, 0.05) is 38.4 Å². The highest BCUT2D eigenvalue weighted by Gasteiger charge is 2.26. The van der Waals surface area contributed by atoms with Crippen LogP contribution in [-0.4, -0.2) is 54.7 Å². The largest absolute Gasteiger partial charge is 0.454 e. The van der Waals surface area contributed by atoms with Gasteiger partial charge >= 0.3 is 0 Å². The molecule has 5 rings (SSSR count). The summed E-state index contributed by atoms with van der Waals surface area (Å²) in [6, 6.07) is 12.4. The number of nitrogens with zero attached hydrogens (tertiary/aromatic N) is 2. The fourth-order valence-electron chi connectivity index (χ4n) is 4.67. The number of rotatable bonds is 5. The number of carbonyl (C=O) groups is 1.